The summed E-state index contributed by atoms with van der Waals surface area (Å²) in [7, 11) is 0. The highest BCUT2D eigenvalue weighted by molar-refractivity contribution is 5.72. The molecule has 19 heavy (non-hydrogen) atoms. The van der Waals surface area contributed by atoms with Crippen LogP contribution in [0.2, 0.25) is 0 Å². The monoisotopic (exact) mass is 264 g/mol. The largest absolute Gasteiger partial charge is 0.438 e. The number of ether oxygens (including phenoxy) is 2. The van der Waals surface area contributed by atoms with E-state index in [1.165, 1.54) is 32.1 Å². The van der Waals surface area contributed by atoms with Crippen LogP contribution in [-0.4, -0.2) is 18.9 Å². The number of carbonyl (C=O) groups excluding carboxylic acids is 1. The molecule has 3 nitrogen and oxygen atoms in total. The van der Waals surface area contributed by atoms with E-state index in [0.29, 0.717) is 6.10 Å². The maximum Gasteiger partial charge on any atom is 0.311 e. The van der Waals surface area contributed by atoms with Crippen molar-refractivity contribution < 1.29 is 14.3 Å². The van der Waals surface area contributed by atoms with Gasteiger partial charge >= 0.3 is 5.97 Å². The average Bonchev–Trinajstić information content (AvgIpc) is 3.31. The number of hydrogen-bond donors (Lipinski definition) is 0. The molecule has 0 N–H and O–H groups in total. The fraction of sp³-hybridized carbons (Fsp3) is 0.938. The standard InChI is InChI=1S/C16H24O3/c17-16(12-2-1-10-5-13(10)7-12)19-9-18-15-4-3-11-6-14(11)8-15/h10-15H,1-9H2. The Hall–Kier alpha value is -0.570. The normalized spacial score (nSPS) is 46.9. The third-order valence-electron chi connectivity index (χ3n) is 5.87. The third-order valence-corrected chi connectivity index (χ3v) is 5.87. The van der Waals surface area contributed by atoms with Crippen LogP contribution in [0.3, 0.4) is 0 Å². The minimum absolute atomic E-state index is 0.00884. The Kier molecular flexibility index (Phi) is 3.06. The molecule has 106 valence electrons. The second-order valence-corrected chi connectivity index (χ2v) is 7.20. The first-order valence-electron chi connectivity index (χ1n) is 8.08. The lowest BCUT2D eigenvalue weighted by atomic mass is 9.89. The molecule has 0 heterocycles. The molecule has 3 heteroatoms. The fourth-order valence-electron chi connectivity index (χ4n) is 4.33. The molecule has 4 aliphatic carbocycles. The van der Waals surface area contributed by atoms with Crippen LogP contribution in [0.5, 0.6) is 0 Å². The van der Waals surface area contributed by atoms with E-state index in [0.717, 1.165) is 42.9 Å². The molecule has 0 aromatic rings. The second-order valence-electron chi connectivity index (χ2n) is 7.20. The van der Waals surface area contributed by atoms with Crippen molar-refractivity contribution in [1.29, 1.82) is 0 Å². The predicted molar refractivity (Wildman–Crippen MR) is 70.2 cm³/mol. The molecule has 0 saturated heterocycles. The summed E-state index contributed by atoms with van der Waals surface area (Å²) in [5.41, 5.74) is 0. The highest BCUT2D eigenvalue weighted by atomic mass is 16.7. The number of hydrogen-bond acceptors (Lipinski definition) is 3. The molecule has 0 aliphatic heterocycles. The second kappa shape index (κ2) is 4.76. The van der Waals surface area contributed by atoms with Gasteiger partial charge in [-0.15, -0.1) is 0 Å². The van der Waals surface area contributed by atoms with Crippen LogP contribution in [0.1, 0.15) is 51.4 Å². The lowest BCUT2D eigenvalue weighted by Crippen LogP contribution is -2.25. The Morgan fingerprint density at radius 1 is 0.842 bits per heavy atom. The van der Waals surface area contributed by atoms with Crippen molar-refractivity contribution in [3.8, 4) is 0 Å². The molecular formula is C16H24O3. The van der Waals surface area contributed by atoms with Gasteiger partial charge in [0.1, 0.15) is 0 Å². The Balaban J connectivity index is 1.16. The summed E-state index contributed by atoms with van der Waals surface area (Å²) < 4.78 is 11.1. The van der Waals surface area contributed by atoms with E-state index < -0.39 is 0 Å². The van der Waals surface area contributed by atoms with Crippen LogP contribution < -0.4 is 0 Å². The van der Waals surface area contributed by atoms with Gasteiger partial charge in [-0.1, -0.05) is 0 Å². The minimum atomic E-state index is -0.00884. The zero-order chi connectivity index (χ0) is 12.8. The van der Waals surface area contributed by atoms with Crippen molar-refractivity contribution >= 4 is 5.97 Å². The van der Waals surface area contributed by atoms with Gasteiger partial charge in [0.25, 0.3) is 0 Å². The molecule has 0 amide bonds. The van der Waals surface area contributed by atoms with Crippen molar-refractivity contribution in [1.82, 2.24) is 0 Å². The van der Waals surface area contributed by atoms with Crippen molar-refractivity contribution in [2.45, 2.75) is 57.5 Å². The summed E-state index contributed by atoms with van der Waals surface area (Å²) >= 11 is 0. The first kappa shape index (κ1) is 12.2. The van der Waals surface area contributed by atoms with Crippen molar-refractivity contribution in [3.05, 3.63) is 0 Å². The maximum atomic E-state index is 12.0. The van der Waals surface area contributed by atoms with Crippen LogP contribution >= 0.6 is 0 Å². The van der Waals surface area contributed by atoms with E-state index >= 15 is 0 Å². The molecule has 0 spiro atoms. The SMILES string of the molecule is O=C(OCOC1CCC2CC2C1)C1CCC2CC2C1. The average molecular weight is 264 g/mol. The summed E-state index contributed by atoms with van der Waals surface area (Å²) in [6.45, 7) is 0.186. The van der Waals surface area contributed by atoms with Crippen LogP contribution in [0.15, 0.2) is 0 Å². The molecule has 4 rings (SSSR count). The summed E-state index contributed by atoms with van der Waals surface area (Å²) in [4.78, 5) is 12.0. The summed E-state index contributed by atoms with van der Waals surface area (Å²) in [6.07, 6.45) is 10.1. The molecule has 0 bridgehead atoms. The first-order chi connectivity index (χ1) is 9.29. The summed E-state index contributed by atoms with van der Waals surface area (Å²) in [5, 5.41) is 0. The Morgan fingerprint density at radius 3 is 2.32 bits per heavy atom. The van der Waals surface area contributed by atoms with E-state index in [-0.39, 0.29) is 18.7 Å². The molecule has 4 fully saturated rings. The lowest BCUT2D eigenvalue weighted by Gasteiger charge is -2.23. The van der Waals surface area contributed by atoms with Crippen molar-refractivity contribution in [2.24, 2.45) is 29.6 Å². The van der Waals surface area contributed by atoms with Crippen LogP contribution in [-0.2, 0) is 14.3 Å². The minimum Gasteiger partial charge on any atom is -0.438 e. The van der Waals surface area contributed by atoms with Gasteiger partial charge in [0.15, 0.2) is 6.79 Å². The molecular weight excluding hydrogens is 240 g/mol. The van der Waals surface area contributed by atoms with Gasteiger partial charge in [-0.2, -0.15) is 0 Å². The third kappa shape index (κ3) is 2.67. The van der Waals surface area contributed by atoms with Crippen LogP contribution in [0, 0.1) is 29.6 Å². The molecule has 4 saturated carbocycles. The van der Waals surface area contributed by atoms with Gasteiger partial charge in [-0.05, 0) is 75.0 Å². The maximum absolute atomic E-state index is 12.0. The van der Waals surface area contributed by atoms with Gasteiger partial charge in [-0.25, -0.2) is 0 Å². The van der Waals surface area contributed by atoms with E-state index in [1.807, 2.05) is 0 Å². The van der Waals surface area contributed by atoms with E-state index in [4.69, 9.17) is 9.47 Å². The fourth-order valence-corrected chi connectivity index (χ4v) is 4.33. The Labute approximate surface area is 115 Å². The summed E-state index contributed by atoms with van der Waals surface area (Å²) in [5.74, 6) is 3.83. The highest BCUT2D eigenvalue weighted by Crippen LogP contribution is 2.51. The molecule has 0 aromatic carbocycles. The van der Waals surface area contributed by atoms with Gasteiger partial charge in [0.05, 0.1) is 12.0 Å². The summed E-state index contributed by atoms with van der Waals surface area (Å²) in [6, 6.07) is 0. The zero-order valence-corrected chi connectivity index (χ0v) is 11.6. The number of fused-ring (bicyclic) bond motifs is 2. The lowest BCUT2D eigenvalue weighted by molar-refractivity contribution is -0.168. The highest BCUT2D eigenvalue weighted by Gasteiger charge is 2.44. The topological polar surface area (TPSA) is 35.5 Å². The van der Waals surface area contributed by atoms with Gasteiger partial charge in [0.2, 0.25) is 0 Å². The number of esters is 1. The molecule has 4 aliphatic rings. The van der Waals surface area contributed by atoms with E-state index in [9.17, 15) is 4.79 Å². The molecule has 0 aromatic heterocycles. The van der Waals surface area contributed by atoms with Gasteiger partial charge < -0.3 is 9.47 Å². The van der Waals surface area contributed by atoms with Gasteiger partial charge in [0, 0.05) is 0 Å². The number of carbonyl (C=O) groups is 1. The molecule has 0 radical (unpaired) electrons. The quantitative estimate of drug-likeness (QED) is 0.578. The number of rotatable bonds is 4. The Morgan fingerprint density at radius 2 is 1.58 bits per heavy atom. The van der Waals surface area contributed by atoms with E-state index in [1.54, 1.807) is 0 Å². The molecule has 6 unspecified atom stereocenters. The van der Waals surface area contributed by atoms with Gasteiger partial charge in [-0.3, -0.25) is 4.79 Å². The van der Waals surface area contributed by atoms with Crippen molar-refractivity contribution in [2.75, 3.05) is 6.79 Å². The van der Waals surface area contributed by atoms with Crippen molar-refractivity contribution in [3.63, 3.8) is 0 Å². The van der Waals surface area contributed by atoms with E-state index in [2.05, 4.69) is 0 Å². The Bertz CT molecular complexity index is 367. The van der Waals surface area contributed by atoms with Crippen LogP contribution in [0.25, 0.3) is 0 Å². The van der Waals surface area contributed by atoms with Crippen LogP contribution in [0.4, 0.5) is 0 Å². The zero-order valence-electron chi connectivity index (χ0n) is 11.6. The smallest absolute Gasteiger partial charge is 0.311 e. The predicted octanol–water partition coefficient (Wildman–Crippen LogP) is 3.13. The molecule has 6 atom stereocenters. The first-order valence-corrected chi connectivity index (χ1v) is 8.08.